The van der Waals surface area contributed by atoms with Gasteiger partial charge < -0.3 is 4.90 Å². The van der Waals surface area contributed by atoms with Gasteiger partial charge in [0.2, 0.25) is 6.58 Å². The standard InChI is InChI=1S/C39H90Cl2N2Si12.2C6H6/c1-42(2)35-27-33-43(34-28-35)55(41)44(53(40)36(45(3,4)5,46(6,7)8)29-30-37(53,47(9,10)11)48(12,13)14)54(55)38(49(15,16)17,50(18,19)20)31-32-39(54,51(21,22)23)52(24,25)26;2*1-2-4-6-5-3-1/h27-28,33-34H,29-32H2,1-26H3;2*1-6H/t55-;;/m0../s1. The quantitative estimate of drug-likeness (QED) is 0.137. The zero-order valence-corrected chi connectivity index (χ0v) is 61.7. The van der Waals surface area contributed by atoms with E-state index in [9.17, 15) is 22.2 Å². The molecule has 67 heavy (non-hydrogen) atoms. The molecule has 0 N–H and O–H groups in total. The van der Waals surface area contributed by atoms with Crippen molar-refractivity contribution in [1.82, 2.24) is 0 Å². The Balaban J connectivity index is 0.000000704. The van der Waals surface area contributed by atoms with Crippen molar-refractivity contribution < 1.29 is 4.23 Å². The molecule has 2 nitrogen and oxygen atoms in total. The van der Waals surface area contributed by atoms with Gasteiger partial charge in [-0.15, -0.1) is 18.4 Å². The molecule has 4 heterocycles. The van der Waals surface area contributed by atoms with Crippen molar-refractivity contribution in [1.29, 1.82) is 0 Å². The van der Waals surface area contributed by atoms with Gasteiger partial charge in [-0.2, -0.15) is 0 Å². The van der Waals surface area contributed by atoms with E-state index in [0.717, 1.165) is 0 Å². The van der Waals surface area contributed by atoms with Gasteiger partial charge in [-0.3, -0.25) is 4.23 Å². The monoisotopic (exact) mass is 1150 g/mol. The zero-order valence-electron chi connectivity index (χ0n) is 48.2. The van der Waals surface area contributed by atoms with Gasteiger partial charge in [0.1, 0.15) is 12.4 Å². The molecule has 0 aliphatic carbocycles. The Hall–Kier alpha value is 0.573. The minimum absolute atomic E-state index is 0.370. The third kappa shape index (κ3) is 8.61. The van der Waals surface area contributed by atoms with Gasteiger partial charge in [0.05, 0.1) is 0 Å². The lowest BCUT2D eigenvalue weighted by Crippen LogP contribution is -2.81. The largest absolute Gasteiger partial charge is 0.377 e. The van der Waals surface area contributed by atoms with E-state index in [1.807, 2.05) is 72.8 Å². The van der Waals surface area contributed by atoms with Crippen molar-refractivity contribution in [3.63, 3.8) is 0 Å². The summed E-state index contributed by atoms with van der Waals surface area (Å²) in [6.07, 6.45) is 11.0. The van der Waals surface area contributed by atoms with Gasteiger partial charge >= 0.3 is 0 Å². The molecule has 1 spiro atoms. The first-order valence-electron chi connectivity index (χ1n) is 25.9. The van der Waals surface area contributed by atoms with Crippen LogP contribution in [-0.2, 0) is 0 Å². The normalized spacial score (nSPS) is 23.4. The number of nitrogens with zero attached hydrogens (tertiary/aromatic N) is 2. The van der Waals surface area contributed by atoms with Crippen LogP contribution >= 0.6 is 22.2 Å². The first kappa shape index (κ1) is 60.1. The lowest BCUT2D eigenvalue weighted by molar-refractivity contribution is -0.532. The first-order valence-corrected chi connectivity index (χ1v) is 67.4. The third-order valence-electron chi connectivity index (χ3n) is 19.0. The smallest absolute Gasteiger partial charge is 0.231 e. The van der Waals surface area contributed by atoms with Gasteiger partial charge in [0.25, 0.3) is 0 Å². The summed E-state index contributed by atoms with van der Waals surface area (Å²) in [5.41, 5.74) is 1.31. The highest BCUT2D eigenvalue weighted by Crippen LogP contribution is 2.89. The van der Waals surface area contributed by atoms with E-state index in [1.54, 1.807) is 0 Å². The van der Waals surface area contributed by atoms with E-state index < -0.39 is 92.5 Å². The number of pyridine rings is 1. The van der Waals surface area contributed by atoms with E-state index in [-0.39, 0.29) is 0 Å². The average molecular weight is 1150 g/mol. The average Bonchev–Trinajstić information content (AvgIpc) is 3.39. The van der Waals surface area contributed by atoms with Crippen LogP contribution in [-0.4, -0.2) is 107 Å². The molecule has 378 valence electrons. The molecular weight excluding hydrogens is 1050 g/mol. The van der Waals surface area contributed by atoms with Crippen molar-refractivity contribution in [3.8, 4) is 0 Å². The topological polar surface area (TPSA) is 7.12 Å². The van der Waals surface area contributed by atoms with Crippen LogP contribution < -0.4 is 9.13 Å². The Labute approximate surface area is 437 Å². The van der Waals surface area contributed by atoms with Gasteiger partial charge in [0.15, 0.2) is 0 Å². The summed E-state index contributed by atoms with van der Waals surface area (Å²) < 4.78 is 4.65. The van der Waals surface area contributed by atoms with Crippen LogP contribution in [0.1, 0.15) is 25.7 Å². The summed E-state index contributed by atoms with van der Waals surface area (Å²) in [6, 6.07) is 28.9. The molecule has 0 saturated carbocycles. The Kier molecular flexibility index (Phi) is 17.1. The lowest BCUT2D eigenvalue weighted by Gasteiger charge is -2.72. The van der Waals surface area contributed by atoms with Crippen molar-refractivity contribution in [2.24, 2.45) is 0 Å². The van der Waals surface area contributed by atoms with Crippen LogP contribution in [0.5, 0.6) is 0 Å². The lowest BCUT2D eigenvalue weighted by atomic mass is 10.4. The second-order valence-electron chi connectivity index (χ2n) is 29.7. The Morgan fingerprint density at radius 3 is 0.806 bits per heavy atom. The van der Waals surface area contributed by atoms with E-state index in [0.29, 0.717) is 17.1 Å². The zero-order chi connectivity index (χ0) is 52.0. The van der Waals surface area contributed by atoms with Gasteiger partial charge in [-0.25, -0.2) is 11.1 Å². The predicted molar refractivity (Wildman–Crippen MR) is 340 cm³/mol. The Morgan fingerprint density at radius 1 is 0.403 bits per heavy atom. The maximum absolute atomic E-state index is 10.2. The van der Waals surface area contributed by atoms with E-state index in [2.05, 4.69) is 205 Å². The van der Waals surface area contributed by atoms with Crippen molar-refractivity contribution in [3.05, 3.63) is 97.3 Å². The van der Waals surface area contributed by atoms with Crippen LogP contribution in [0.15, 0.2) is 97.3 Å². The molecule has 1 atom stereocenters. The van der Waals surface area contributed by atoms with Crippen molar-refractivity contribution in [2.75, 3.05) is 19.0 Å². The van der Waals surface area contributed by atoms with Gasteiger partial charge in [0, 0.05) is 103 Å². The summed E-state index contributed by atoms with van der Waals surface area (Å²) in [5, 5.41) is 0. The molecule has 0 amide bonds. The minimum atomic E-state index is -2.77. The van der Waals surface area contributed by atoms with Crippen LogP contribution in [0.4, 0.5) is 5.69 Å². The number of hydrogen-bond acceptors (Lipinski definition) is 1. The van der Waals surface area contributed by atoms with E-state index >= 15 is 0 Å². The van der Waals surface area contributed by atoms with Crippen LogP contribution in [0.25, 0.3) is 0 Å². The molecule has 3 aliphatic heterocycles. The van der Waals surface area contributed by atoms with Crippen LogP contribution in [0.3, 0.4) is 0 Å². The van der Waals surface area contributed by atoms with Crippen molar-refractivity contribution in [2.45, 2.75) is 200 Å². The third-order valence-corrected chi connectivity index (χ3v) is 172. The molecule has 3 aromatic rings. The number of hydrogen-bond donors (Lipinski definition) is 0. The van der Waals surface area contributed by atoms with Gasteiger partial charge in [-0.1, -0.05) is 273 Å². The predicted octanol–water partition coefficient (Wildman–Crippen LogP) is 17.0. The van der Waals surface area contributed by atoms with E-state index in [1.165, 1.54) is 31.4 Å². The van der Waals surface area contributed by atoms with Crippen molar-refractivity contribution >= 4 is 120 Å². The number of halogens is 2. The van der Waals surface area contributed by atoms with Crippen LogP contribution in [0, 0.1) is 0 Å². The number of benzene rings is 2. The van der Waals surface area contributed by atoms with Gasteiger partial charge in [-0.05, 0) is 7.11 Å². The molecule has 3 saturated heterocycles. The SMILES string of the molecule is CN(C)c1cc[n+]([Si@@]2(Cl)[Si-]([Si]3(Cl)C([Si](C)(C)C)([Si](C)(C)C)CCC3([Si](C)(C)C)[Si](C)(C)C)[Si]23C([Si](C)(C)C)([Si](C)(C)C)CCC3([Si](C)(C)C)[Si](C)(C)C)cc1.c1ccccc1.c1ccccc1. The maximum Gasteiger partial charge on any atom is 0.231 e. The summed E-state index contributed by atoms with van der Waals surface area (Å²) in [5.74, 6) is 0. The molecule has 3 aliphatic rings. The minimum Gasteiger partial charge on any atom is -0.377 e. The summed E-state index contributed by atoms with van der Waals surface area (Å²) in [6.45, 7) is 63.3. The fourth-order valence-corrected chi connectivity index (χ4v) is 321. The number of aromatic nitrogens is 1. The number of anilines is 1. The summed E-state index contributed by atoms with van der Waals surface area (Å²) in [4.78, 5) is 2.30. The molecule has 0 radical (unpaired) electrons. The fraction of sp³-hybridized carbons (Fsp3) is 0.667. The molecule has 1 aromatic heterocycles. The second-order valence-corrected chi connectivity index (χ2v) is 117. The summed E-state index contributed by atoms with van der Waals surface area (Å²) >= 11 is 20.1. The van der Waals surface area contributed by atoms with E-state index in [4.69, 9.17) is 0 Å². The molecule has 16 heteroatoms. The highest BCUT2D eigenvalue weighted by Gasteiger charge is 2.99. The highest BCUT2D eigenvalue weighted by molar-refractivity contribution is 8.29. The maximum atomic E-state index is 10.2. The molecule has 6 rings (SSSR count). The molecule has 3 fully saturated rings. The van der Waals surface area contributed by atoms with Crippen LogP contribution in [0.2, 0.25) is 174 Å². The first-order chi connectivity index (χ1) is 29.9. The Bertz CT molecular complexity index is 1900. The highest BCUT2D eigenvalue weighted by atomic mass is 35.6. The fourth-order valence-electron chi connectivity index (χ4n) is 18.3. The molecule has 0 bridgehead atoms. The molecule has 2 aromatic carbocycles. The second kappa shape index (κ2) is 19.1. The summed E-state index contributed by atoms with van der Waals surface area (Å²) in [7, 11) is -14.2. The molecule has 0 unspecified atom stereocenters. The molecular formula is C51H102Cl2N2Si12. The Morgan fingerprint density at radius 2 is 0.612 bits per heavy atom. The number of rotatable bonds is 11.